The van der Waals surface area contributed by atoms with Crippen LogP contribution in [0.1, 0.15) is 25.8 Å². The summed E-state index contributed by atoms with van der Waals surface area (Å²) in [4.78, 5) is 25.6. The van der Waals surface area contributed by atoms with Gasteiger partial charge < -0.3 is 4.90 Å². The zero-order chi connectivity index (χ0) is 13.3. The Morgan fingerprint density at radius 1 is 1.33 bits per heavy atom. The molecule has 1 amide bonds. The lowest BCUT2D eigenvalue weighted by Gasteiger charge is -2.30. The van der Waals surface area contributed by atoms with Crippen molar-refractivity contribution in [2.75, 3.05) is 6.54 Å². The van der Waals surface area contributed by atoms with Crippen molar-refractivity contribution in [3.63, 3.8) is 0 Å². The van der Waals surface area contributed by atoms with E-state index in [4.69, 9.17) is 0 Å². The van der Waals surface area contributed by atoms with Crippen molar-refractivity contribution in [2.45, 2.75) is 32.2 Å². The molecule has 1 aliphatic heterocycles. The number of carbonyl (C=O) groups is 2. The third-order valence-corrected chi connectivity index (χ3v) is 4.02. The number of benzene rings is 1. The van der Waals surface area contributed by atoms with Gasteiger partial charge in [-0.1, -0.05) is 28.1 Å². The highest BCUT2D eigenvalue weighted by molar-refractivity contribution is 9.10. The molecule has 0 radical (unpaired) electrons. The molecule has 1 aromatic rings. The number of nitrogens with zero attached hydrogens (tertiary/aromatic N) is 1. The molecule has 96 valence electrons. The maximum absolute atomic E-state index is 12.2. The predicted molar refractivity (Wildman–Crippen MR) is 73.3 cm³/mol. The largest absolute Gasteiger partial charge is 0.330 e. The monoisotopic (exact) mass is 309 g/mol. The van der Waals surface area contributed by atoms with Gasteiger partial charge in [-0.2, -0.15) is 0 Å². The van der Waals surface area contributed by atoms with Crippen LogP contribution < -0.4 is 0 Å². The average molecular weight is 310 g/mol. The second kappa shape index (κ2) is 4.84. The van der Waals surface area contributed by atoms with Gasteiger partial charge in [0.25, 0.3) is 0 Å². The van der Waals surface area contributed by atoms with Crippen LogP contribution in [-0.2, 0) is 16.0 Å². The van der Waals surface area contributed by atoms with Gasteiger partial charge in [0, 0.05) is 17.4 Å². The lowest BCUT2D eigenvalue weighted by atomic mass is 10.00. The molecule has 1 fully saturated rings. The summed E-state index contributed by atoms with van der Waals surface area (Å²) in [6, 6.07) is 7.69. The summed E-state index contributed by atoms with van der Waals surface area (Å²) in [5.74, 6) is 0.167. The number of likely N-dealkylation sites (tertiary alicyclic amines) is 1. The van der Waals surface area contributed by atoms with Crippen molar-refractivity contribution in [3.8, 4) is 0 Å². The highest BCUT2D eigenvalue weighted by Gasteiger charge is 2.42. The number of hydrogen-bond donors (Lipinski definition) is 0. The predicted octanol–water partition coefficient (Wildman–Crippen LogP) is 2.57. The van der Waals surface area contributed by atoms with Gasteiger partial charge in [0.15, 0.2) is 5.78 Å². The second-order valence-electron chi connectivity index (χ2n) is 5.08. The molecule has 0 bridgehead atoms. The van der Waals surface area contributed by atoms with E-state index >= 15 is 0 Å². The Labute approximate surface area is 115 Å². The molecule has 2 rings (SSSR count). The molecular formula is C14H16BrNO2. The molecule has 0 aromatic heterocycles. The number of Topliss-reactive ketones (excluding diaryl/α,β-unsaturated/α-hetero) is 1. The van der Waals surface area contributed by atoms with Crippen LogP contribution in [0.25, 0.3) is 0 Å². The van der Waals surface area contributed by atoms with Crippen LogP contribution in [0.2, 0.25) is 0 Å². The highest BCUT2D eigenvalue weighted by atomic mass is 79.9. The van der Waals surface area contributed by atoms with E-state index in [-0.39, 0.29) is 11.7 Å². The Morgan fingerprint density at radius 3 is 2.44 bits per heavy atom. The van der Waals surface area contributed by atoms with Crippen LogP contribution in [0.5, 0.6) is 0 Å². The standard InChI is InChI=1S/C14H16BrNO2/c1-14(2)12(17)7-8-16(14)13(18)9-10-3-5-11(15)6-4-10/h3-6H,7-9H2,1-2H3. The van der Waals surface area contributed by atoms with Crippen molar-refractivity contribution in [1.29, 1.82) is 0 Å². The smallest absolute Gasteiger partial charge is 0.227 e. The highest BCUT2D eigenvalue weighted by Crippen LogP contribution is 2.25. The summed E-state index contributed by atoms with van der Waals surface area (Å²) in [7, 11) is 0. The third-order valence-electron chi connectivity index (χ3n) is 3.49. The molecule has 0 unspecified atom stereocenters. The summed E-state index contributed by atoms with van der Waals surface area (Å²) in [6.45, 7) is 4.19. The van der Waals surface area contributed by atoms with Gasteiger partial charge in [-0.3, -0.25) is 9.59 Å². The van der Waals surface area contributed by atoms with Crippen molar-refractivity contribution in [3.05, 3.63) is 34.3 Å². The molecule has 4 heteroatoms. The van der Waals surface area contributed by atoms with Gasteiger partial charge in [0.2, 0.25) is 5.91 Å². The van der Waals surface area contributed by atoms with E-state index in [0.717, 1.165) is 10.0 Å². The first-order valence-electron chi connectivity index (χ1n) is 5.99. The Kier molecular flexibility index (Phi) is 3.57. The molecule has 0 saturated carbocycles. The molecule has 0 spiro atoms. The molecule has 18 heavy (non-hydrogen) atoms. The summed E-state index contributed by atoms with van der Waals surface area (Å²) in [6.07, 6.45) is 0.822. The number of rotatable bonds is 2. The molecule has 0 N–H and O–H groups in total. The van der Waals surface area contributed by atoms with Crippen LogP contribution in [0.3, 0.4) is 0 Å². The SMILES string of the molecule is CC1(C)C(=O)CCN1C(=O)Cc1ccc(Br)cc1. The molecule has 1 heterocycles. The van der Waals surface area contributed by atoms with E-state index < -0.39 is 5.54 Å². The minimum Gasteiger partial charge on any atom is -0.330 e. The first-order valence-corrected chi connectivity index (χ1v) is 6.79. The lowest BCUT2D eigenvalue weighted by Crippen LogP contribution is -2.46. The Bertz CT molecular complexity index is 479. The molecule has 0 atom stereocenters. The van der Waals surface area contributed by atoms with Crippen molar-refractivity contribution >= 4 is 27.6 Å². The maximum Gasteiger partial charge on any atom is 0.227 e. The second-order valence-corrected chi connectivity index (χ2v) is 6.00. The Morgan fingerprint density at radius 2 is 1.94 bits per heavy atom. The van der Waals surface area contributed by atoms with Crippen LogP contribution in [0, 0.1) is 0 Å². The van der Waals surface area contributed by atoms with Crippen LogP contribution >= 0.6 is 15.9 Å². The molecule has 3 nitrogen and oxygen atoms in total. The summed E-state index contributed by atoms with van der Waals surface area (Å²) >= 11 is 3.36. The van der Waals surface area contributed by atoms with Crippen molar-refractivity contribution in [2.24, 2.45) is 0 Å². The number of ketones is 1. The molecule has 0 aliphatic carbocycles. The fourth-order valence-electron chi connectivity index (χ4n) is 2.26. The lowest BCUT2D eigenvalue weighted by molar-refractivity contribution is -0.138. The Balaban J connectivity index is 2.09. The van der Waals surface area contributed by atoms with Crippen molar-refractivity contribution in [1.82, 2.24) is 4.90 Å². The van der Waals surface area contributed by atoms with Gasteiger partial charge in [-0.15, -0.1) is 0 Å². The topological polar surface area (TPSA) is 37.4 Å². The molecule has 1 aromatic carbocycles. The molecular weight excluding hydrogens is 294 g/mol. The number of amides is 1. The van der Waals surface area contributed by atoms with E-state index in [1.165, 1.54) is 0 Å². The van der Waals surface area contributed by atoms with Gasteiger partial charge >= 0.3 is 0 Å². The van der Waals surface area contributed by atoms with E-state index in [2.05, 4.69) is 15.9 Å². The summed E-state index contributed by atoms with van der Waals surface area (Å²) in [5.41, 5.74) is 0.324. The van der Waals surface area contributed by atoms with Crippen molar-refractivity contribution < 1.29 is 9.59 Å². The van der Waals surface area contributed by atoms with E-state index in [1.54, 1.807) is 4.90 Å². The van der Waals surface area contributed by atoms with E-state index in [1.807, 2.05) is 38.1 Å². The van der Waals surface area contributed by atoms with E-state index in [0.29, 0.717) is 19.4 Å². The van der Waals surface area contributed by atoms with Crippen LogP contribution in [0.15, 0.2) is 28.7 Å². The van der Waals surface area contributed by atoms with E-state index in [9.17, 15) is 9.59 Å². The number of halogens is 1. The van der Waals surface area contributed by atoms with Gasteiger partial charge in [0.05, 0.1) is 12.0 Å². The number of carbonyl (C=O) groups excluding carboxylic acids is 2. The minimum absolute atomic E-state index is 0.0215. The Hall–Kier alpha value is -1.16. The average Bonchev–Trinajstić information content (AvgIpc) is 2.57. The molecule has 1 saturated heterocycles. The van der Waals surface area contributed by atoms with Crippen LogP contribution in [0.4, 0.5) is 0 Å². The summed E-state index contributed by atoms with van der Waals surface area (Å²) < 4.78 is 0.996. The fraction of sp³-hybridized carbons (Fsp3) is 0.429. The third kappa shape index (κ3) is 2.48. The zero-order valence-electron chi connectivity index (χ0n) is 10.6. The quantitative estimate of drug-likeness (QED) is 0.842. The van der Waals surface area contributed by atoms with Gasteiger partial charge in [-0.25, -0.2) is 0 Å². The number of hydrogen-bond acceptors (Lipinski definition) is 2. The first kappa shape index (κ1) is 13.3. The van der Waals surface area contributed by atoms with Gasteiger partial charge in [-0.05, 0) is 31.5 Å². The van der Waals surface area contributed by atoms with Gasteiger partial charge in [0.1, 0.15) is 0 Å². The summed E-state index contributed by atoms with van der Waals surface area (Å²) in [5, 5.41) is 0. The fourth-order valence-corrected chi connectivity index (χ4v) is 2.52. The maximum atomic E-state index is 12.2. The van der Waals surface area contributed by atoms with Crippen LogP contribution in [-0.4, -0.2) is 28.7 Å². The minimum atomic E-state index is -0.646. The normalized spacial score (nSPS) is 18.2. The zero-order valence-corrected chi connectivity index (χ0v) is 12.2. The first-order chi connectivity index (χ1) is 8.41. The molecule has 1 aliphatic rings.